The minimum absolute atomic E-state index is 0.163. The lowest BCUT2D eigenvalue weighted by Crippen LogP contribution is -2.45. The molecule has 1 saturated carbocycles. The smallest absolute Gasteiger partial charge is 0.0805 e. The van der Waals surface area contributed by atoms with Crippen LogP contribution >= 0.6 is 31.9 Å². The van der Waals surface area contributed by atoms with Crippen molar-refractivity contribution >= 4 is 31.9 Å². The summed E-state index contributed by atoms with van der Waals surface area (Å²) in [5.74, 6) is 0.799. The van der Waals surface area contributed by atoms with Crippen molar-refractivity contribution in [3.8, 4) is 0 Å². The molecule has 102 valence electrons. The SMILES string of the molecule is C=C1[C@H](Br)C[C@@H](Br)C(C)(C)[C@H]1C1C=CC(C)(O)C1. The molecule has 18 heavy (non-hydrogen) atoms. The van der Waals surface area contributed by atoms with Gasteiger partial charge in [-0.1, -0.05) is 70.0 Å². The molecule has 0 bridgehead atoms. The van der Waals surface area contributed by atoms with Gasteiger partial charge in [0.25, 0.3) is 0 Å². The Balaban J connectivity index is 2.29. The van der Waals surface area contributed by atoms with Crippen LogP contribution in [0.2, 0.25) is 0 Å². The number of halogens is 2. The summed E-state index contributed by atoms with van der Waals surface area (Å²) < 4.78 is 0. The maximum atomic E-state index is 10.1. The molecule has 1 fully saturated rings. The zero-order chi connectivity index (χ0) is 13.7. The second-order valence-electron chi connectivity index (χ2n) is 6.63. The standard InChI is InChI=1S/C15H22Br2O/c1-9-11(16)7-12(17)14(2,3)13(9)10-5-6-15(4,18)8-10/h5-6,10-13,18H,1,7-8H2,2-4H3/t10?,11-,12-,13-,15?/m1/s1. The first-order valence-electron chi connectivity index (χ1n) is 6.54. The summed E-state index contributed by atoms with van der Waals surface area (Å²) in [6.07, 6.45) is 6.01. The lowest BCUT2D eigenvalue weighted by atomic mass is 9.61. The monoisotopic (exact) mass is 376 g/mol. The fourth-order valence-electron chi connectivity index (χ4n) is 3.50. The highest BCUT2D eigenvalue weighted by atomic mass is 79.9. The Labute approximate surface area is 127 Å². The molecule has 0 aromatic heterocycles. The molecule has 0 amide bonds. The van der Waals surface area contributed by atoms with Gasteiger partial charge in [-0.05, 0) is 37.0 Å². The van der Waals surface area contributed by atoms with Crippen LogP contribution in [0.4, 0.5) is 0 Å². The van der Waals surface area contributed by atoms with Crippen molar-refractivity contribution in [3.63, 3.8) is 0 Å². The lowest BCUT2D eigenvalue weighted by molar-refractivity contribution is 0.0757. The van der Waals surface area contributed by atoms with E-state index in [0.717, 1.165) is 12.8 Å². The first kappa shape index (κ1) is 14.8. The van der Waals surface area contributed by atoms with Crippen LogP contribution < -0.4 is 0 Å². The summed E-state index contributed by atoms with van der Waals surface area (Å²) in [4.78, 5) is 0.850. The summed E-state index contributed by atoms with van der Waals surface area (Å²) in [7, 11) is 0. The summed E-state index contributed by atoms with van der Waals surface area (Å²) in [5.41, 5.74) is 0.793. The second kappa shape index (κ2) is 4.75. The van der Waals surface area contributed by atoms with Crippen LogP contribution in [0.15, 0.2) is 24.3 Å². The first-order valence-corrected chi connectivity index (χ1v) is 8.37. The first-order chi connectivity index (χ1) is 8.15. The van der Waals surface area contributed by atoms with Crippen molar-refractivity contribution in [2.45, 2.75) is 48.9 Å². The van der Waals surface area contributed by atoms with E-state index >= 15 is 0 Å². The van der Waals surface area contributed by atoms with Crippen LogP contribution in [0.3, 0.4) is 0 Å². The average molecular weight is 378 g/mol. The molecule has 0 spiro atoms. The van der Waals surface area contributed by atoms with E-state index in [0.29, 0.717) is 21.5 Å². The molecule has 0 radical (unpaired) electrons. The number of allylic oxidation sites excluding steroid dienone is 2. The largest absolute Gasteiger partial charge is 0.386 e. The van der Waals surface area contributed by atoms with Crippen LogP contribution in [0.25, 0.3) is 0 Å². The molecule has 1 N–H and O–H groups in total. The van der Waals surface area contributed by atoms with Gasteiger partial charge >= 0.3 is 0 Å². The Bertz CT molecular complexity index is 384. The molecule has 3 heteroatoms. The van der Waals surface area contributed by atoms with Crippen molar-refractivity contribution in [2.75, 3.05) is 0 Å². The highest BCUT2D eigenvalue weighted by Gasteiger charge is 2.48. The third kappa shape index (κ3) is 2.51. The Kier molecular flexibility index (Phi) is 3.90. The van der Waals surface area contributed by atoms with Crippen LogP contribution in [0, 0.1) is 17.3 Å². The second-order valence-corrected chi connectivity index (χ2v) is 8.84. The molecular weight excluding hydrogens is 356 g/mol. The van der Waals surface area contributed by atoms with E-state index in [1.54, 1.807) is 0 Å². The van der Waals surface area contributed by atoms with Crippen LogP contribution in [-0.2, 0) is 0 Å². The highest BCUT2D eigenvalue weighted by molar-refractivity contribution is 9.10. The molecule has 0 heterocycles. The molecule has 2 unspecified atom stereocenters. The van der Waals surface area contributed by atoms with Crippen LogP contribution in [-0.4, -0.2) is 20.4 Å². The maximum absolute atomic E-state index is 10.1. The highest BCUT2D eigenvalue weighted by Crippen LogP contribution is 2.54. The van der Waals surface area contributed by atoms with Gasteiger partial charge in [-0.3, -0.25) is 0 Å². The zero-order valence-corrected chi connectivity index (χ0v) is 14.5. The van der Waals surface area contributed by atoms with Gasteiger partial charge in [0.15, 0.2) is 0 Å². The van der Waals surface area contributed by atoms with E-state index in [9.17, 15) is 5.11 Å². The van der Waals surface area contributed by atoms with E-state index in [4.69, 9.17) is 0 Å². The van der Waals surface area contributed by atoms with E-state index in [-0.39, 0.29) is 5.41 Å². The Morgan fingerprint density at radius 1 is 1.33 bits per heavy atom. The minimum atomic E-state index is -0.651. The van der Waals surface area contributed by atoms with Crippen molar-refractivity contribution in [1.82, 2.24) is 0 Å². The normalized spacial score (nSPS) is 47.6. The number of hydrogen-bond donors (Lipinski definition) is 1. The van der Waals surface area contributed by atoms with Gasteiger partial charge in [-0.25, -0.2) is 0 Å². The van der Waals surface area contributed by atoms with Gasteiger partial charge < -0.3 is 5.11 Å². The Morgan fingerprint density at radius 3 is 2.44 bits per heavy atom. The predicted molar refractivity (Wildman–Crippen MR) is 84.3 cm³/mol. The molecule has 2 aliphatic rings. The van der Waals surface area contributed by atoms with E-state index in [2.05, 4.69) is 58.4 Å². The van der Waals surface area contributed by atoms with Crippen molar-refractivity contribution in [2.24, 2.45) is 17.3 Å². The van der Waals surface area contributed by atoms with E-state index < -0.39 is 5.60 Å². The molecule has 0 aromatic carbocycles. The number of hydrogen-bond acceptors (Lipinski definition) is 1. The minimum Gasteiger partial charge on any atom is -0.386 e. The van der Waals surface area contributed by atoms with Gasteiger partial charge in [0.2, 0.25) is 0 Å². The van der Waals surface area contributed by atoms with Crippen LogP contribution in [0.1, 0.15) is 33.6 Å². The predicted octanol–water partition coefficient (Wildman–Crippen LogP) is 4.44. The summed E-state index contributed by atoms with van der Waals surface area (Å²) in [6.45, 7) is 10.8. The Morgan fingerprint density at radius 2 is 1.94 bits per heavy atom. The zero-order valence-electron chi connectivity index (χ0n) is 11.3. The summed E-state index contributed by atoms with van der Waals surface area (Å²) >= 11 is 7.58. The summed E-state index contributed by atoms with van der Waals surface area (Å²) in [6, 6.07) is 0. The Hall–Kier alpha value is 0.400. The molecule has 0 aliphatic heterocycles. The number of alkyl halides is 2. The molecular formula is C15H22Br2O. The van der Waals surface area contributed by atoms with Gasteiger partial charge in [0.05, 0.1) is 5.60 Å². The average Bonchev–Trinajstić information content (AvgIpc) is 2.56. The molecule has 1 nitrogen and oxygen atoms in total. The third-order valence-electron chi connectivity index (χ3n) is 4.60. The van der Waals surface area contributed by atoms with Crippen molar-refractivity contribution < 1.29 is 5.11 Å². The van der Waals surface area contributed by atoms with Crippen LogP contribution in [0.5, 0.6) is 0 Å². The van der Waals surface area contributed by atoms with Crippen molar-refractivity contribution in [3.05, 3.63) is 24.3 Å². The third-order valence-corrected chi connectivity index (χ3v) is 7.12. The molecule has 2 aliphatic carbocycles. The molecule has 2 rings (SSSR count). The van der Waals surface area contributed by atoms with Gasteiger partial charge in [0, 0.05) is 9.65 Å². The summed E-state index contributed by atoms with van der Waals surface area (Å²) in [5, 5.41) is 10.1. The fraction of sp³-hybridized carbons (Fsp3) is 0.733. The maximum Gasteiger partial charge on any atom is 0.0805 e. The molecule has 0 aromatic rings. The fourth-order valence-corrected chi connectivity index (χ4v) is 5.32. The molecule has 5 atom stereocenters. The lowest BCUT2D eigenvalue weighted by Gasteiger charge is -2.48. The number of rotatable bonds is 1. The number of aliphatic hydroxyl groups is 1. The van der Waals surface area contributed by atoms with Gasteiger partial charge in [-0.2, -0.15) is 0 Å². The topological polar surface area (TPSA) is 20.2 Å². The van der Waals surface area contributed by atoms with E-state index in [1.165, 1.54) is 5.57 Å². The molecule has 0 saturated heterocycles. The van der Waals surface area contributed by atoms with E-state index in [1.807, 2.05) is 13.0 Å². The van der Waals surface area contributed by atoms with Gasteiger partial charge in [0.1, 0.15) is 0 Å². The quantitative estimate of drug-likeness (QED) is 0.528. The van der Waals surface area contributed by atoms with Crippen molar-refractivity contribution in [1.29, 1.82) is 0 Å². The van der Waals surface area contributed by atoms with Gasteiger partial charge in [-0.15, -0.1) is 0 Å².